The summed E-state index contributed by atoms with van der Waals surface area (Å²) in [5.74, 6) is 0.797. The Morgan fingerprint density at radius 2 is 1.85 bits per heavy atom. The third-order valence-electron chi connectivity index (χ3n) is 3.55. The van der Waals surface area contributed by atoms with Gasteiger partial charge in [-0.05, 0) is 36.4 Å². The molecule has 0 spiro atoms. The molecule has 0 aliphatic carbocycles. The van der Waals surface area contributed by atoms with Gasteiger partial charge in [0.05, 0.1) is 13.1 Å². The van der Waals surface area contributed by atoms with Gasteiger partial charge in [-0.3, -0.25) is 9.79 Å². The molecule has 0 fully saturated rings. The van der Waals surface area contributed by atoms with Crippen LogP contribution in [-0.2, 0) is 4.79 Å². The summed E-state index contributed by atoms with van der Waals surface area (Å²) < 4.78 is 18.5. The molecule has 0 aliphatic heterocycles. The van der Waals surface area contributed by atoms with Crippen molar-refractivity contribution in [3.05, 3.63) is 60.4 Å². The molecular formula is C19H23FN4O2. The summed E-state index contributed by atoms with van der Waals surface area (Å²) in [6, 6.07) is 15.2. The van der Waals surface area contributed by atoms with Crippen molar-refractivity contribution >= 4 is 17.6 Å². The summed E-state index contributed by atoms with van der Waals surface area (Å²) in [5, 5.41) is 5.67. The summed E-state index contributed by atoms with van der Waals surface area (Å²) >= 11 is 0. The summed E-state index contributed by atoms with van der Waals surface area (Å²) in [4.78, 5) is 18.0. The third-order valence-corrected chi connectivity index (χ3v) is 3.55. The van der Waals surface area contributed by atoms with Crippen molar-refractivity contribution in [1.82, 2.24) is 10.2 Å². The predicted octanol–water partition coefficient (Wildman–Crippen LogP) is 2.35. The van der Waals surface area contributed by atoms with Crippen LogP contribution in [0.1, 0.15) is 0 Å². The van der Waals surface area contributed by atoms with Crippen LogP contribution in [0.2, 0.25) is 0 Å². The lowest BCUT2D eigenvalue weighted by Gasteiger charge is -2.22. The maximum absolute atomic E-state index is 12.9. The molecule has 26 heavy (non-hydrogen) atoms. The molecule has 0 radical (unpaired) electrons. The Kier molecular flexibility index (Phi) is 7.42. The van der Waals surface area contributed by atoms with Crippen LogP contribution in [-0.4, -0.2) is 50.6 Å². The number of hydrogen-bond acceptors (Lipinski definition) is 3. The first-order valence-corrected chi connectivity index (χ1v) is 8.23. The van der Waals surface area contributed by atoms with Crippen LogP contribution in [0.25, 0.3) is 0 Å². The smallest absolute Gasteiger partial charge is 0.243 e. The number of carbonyl (C=O) groups is 1. The van der Waals surface area contributed by atoms with Crippen molar-refractivity contribution in [2.24, 2.45) is 4.99 Å². The zero-order valence-electron chi connectivity index (χ0n) is 14.9. The Bertz CT molecular complexity index is 720. The first-order chi connectivity index (χ1) is 12.6. The number of carbonyl (C=O) groups excluding carboxylic acids is 1. The van der Waals surface area contributed by atoms with Crippen molar-refractivity contribution in [3.63, 3.8) is 0 Å². The number of benzene rings is 2. The number of amides is 1. The zero-order chi connectivity index (χ0) is 18.8. The predicted molar refractivity (Wildman–Crippen MR) is 101 cm³/mol. The fourth-order valence-electron chi connectivity index (χ4n) is 2.21. The van der Waals surface area contributed by atoms with Gasteiger partial charge in [-0.2, -0.15) is 0 Å². The van der Waals surface area contributed by atoms with Gasteiger partial charge in [0.25, 0.3) is 0 Å². The van der Waals surface area contributed by atoms with Crippen molar-refractivity contribution in [2.45, 2.75) is 0 Å². The van der Waals surface area contributed by atoms with E-state index in [2.05, 4.69) is 15.6 Å². The molecule has 2 N–H and O–H groups in total. The summed E-state index contributed by atoms with van der Waals surface area (Å²) in [6.45, 7) is 1.14. The van der Waals surface area contributed by atoms with E-state index in [-0.39, 0.29) is 18.3 Å². The van der Waals surface area contributed by atoms with Gasteiger partial charge in [0, 0.05) is 19.8 Å². The third kappa shape index (κ3) is 6.43. The zero-order valence-corrected chi connectivity index (χ0v) is 14.9. The standard InChI is InChI=1S/C19H23FN4O2/c1-21-19(24(2)12-13-26-17-6-4-3-5-7-17)22-14-18(25)23-16-10-8-15(20)9-11-16/h3-11H,12-14H2,1-2H3,(H,21,22)(H,23,25). The first-order valence-electron chi connectivity index (χ1n) is 8.23. The Balaban J connectivity index is 1.73. The number of halogens is 1. The Labute approximate surface area is 152 Å². The molecule has 2 aromatic carbocycles. The second-order valence-electron chi connectivity index (χ2n) is 5.54. The minimum Gasteiger partial charge on any atom is -0.492 e. The molecule has 138 valence electrons. The maximum Gasteiger partial charge on any atom is 0.243 e. The van der Waals surface area contributed by atoms with Gasteiger partial charge in [0.2, 0.25) is 5.91 Å². The van der Waals surface area contributed by atoms with Crippen molar-refractivity contribution in [3.8, 4) is 5.75 Å². The number of ether oxygens (including phenoxy) is 1. The highest BCUT2D eigenvalue weighted by molar-refractivity contribution is 5.94. The van der Waals surface area contributed by atoms with E-state index >= 15 is 0 Å². The maximum atomic E-state index is 12.9. The molecule has 0 saturated heterocycles. The van der Waals surface area contributed by atoms with Crippen molar-refractivity contribution in [1.29, 1.82) is 0 Å². The molecule has 0 aliphatic rings. The Hall–Kier alpha value is -3.09. The highest BCUT2D eigenvalue weighted by Gasteiger charge is 2.09. The van der Waals surface area contributed by atoms with E-state index in [0.29, 0.717) is 24.8 Å². The van der Waals surface area contributed by atoms with Crippen molar-refractivity contribution in [2.75, 3.05) is 39.1 Å². The Morgan fingerprint density at radius 1 is 1.15 bits per heavy atom. The quantitative estimate of drug-likeness (QED) is 0.589. The lowest BCUT2D eigenvalue weighted by Crippen LogP contribution is -2.43. The number of likely N-dealkylation sites (N-methyl/N-ethyl adjacent to an activating group) is 1. The molecule has 7 heteroatoms. The van der Waals surface area contributed by atoms with Crippen LogP contribution in [0.15, 0.2) is 59.6 Å². The molecule has 2 aromatic rings. The lowest BCUT2D eigenvalue weighted by molar-refractivity contribution is -0.115. The number of anilines is 1. The minimum absolute atomic E-state index is 0.0495. The van der Waals surface area contributed by atoms with E-state index in [4.69, 9.17) is 4.74 Å². The second-order valence-corrected chi connectivity index (χ2v) is 5.54. The molecule has 1 amide bonds. The van der Waals surface area contributed by atoms with E-state index in [9.17, 15) is 9.18 Å². The van der Waals surface area contributed by atoms with E-state index in [1.54, 1.807) is 7.05 Å². The van der Waals surface area contributed by atoms with E-state index < -0.39 is 0 Å². The number of rotatable bonds is 7. The molecule has 0 saturated carbocycles. The molecular weight excluding hydrogens is 335 g/mol. The number of hydrogen-bond donors (Lipinski definition) is 2. The molecule has 0 atom stereocenters. The van der Waals surface area contributed by atoms with Gasteiger partial charge in [0.1, 0.15) is 18.2 Å². The Morgan fingerprint density at radius 3 is 2.50 bits per heavy atom. The van der Waals surface area contributed by atoms with Gasteiger partial charge in [-0.1, -0.05) is 18.2 Å². The molecule has 6 nitrogen and oxygen atoms in total. The number of guanidine groups is 1. The normalized spacial score (nSPS) is 11.0. The monoisotopic (exact) mass is 358 g/mol. The topological polar surface area (TPSA) is 66.0 Å². The number of nitrogens with zero attached hydrogens (tertiary/aromatic N) is 2. The van der Waals surface area contributed by atoms with E-state index in [0.717, 1.165) is 5.75 Å². The molecule has 2 rings (SSSR count). The minimum atomic E-state index is -0.346. The lowest BCUT2D eigenvalue weighted by atomic mass is 10.3. The molecule has 0 bridgehead atoms. The van der Waals surface area contributed by atoms with Crippen LogP contribution >= 0.6 is 0 Å². The van der Waals surface area contributed by atoms with Crippen LogP contribution in [0.5, 0.6) is 5.75 Å². The number of nitrogens with one attached hydrogen (secondary N) is 2. The van der Waals surface area contributed by atoms with E-state index in [1.807, 2.05) is 42.3 Å². The SMILES string of the molecule is CN=C(NCC(=O)Nc1ccc(F)cc1)N(C)CCOc1ccccc1. The average Bonchev–Trinajstić information content (AvgIpc) is 2.65. The van der Waals surface area contributed by atoms with E-state index in [1.165, 1.54) is 24.3 Å². The molecule has 0 aromatic heterocycles. The number of aliphatic imine (C=N–C) groups is 1. The highest BCUT2D eigenvalue weighted by atomic mass is 19.1. The number of para-hydroxylation sites is 1. The van der Waals surface area contributed by atoms with Gasteiger partial charge in [-0.15, -0.1) is 0 Å². The van der Waals surface area contributed by atoms with Crippen LogP contribution in [0.4, 0.5) is 10.1 Å². The first kappa shape index (κ1) is 19.2. The second kappa shape index (κ2) is 10.0. The summed E-state index contributed by atoms with van der Waals surface area (Å²) in [5.41, 5.74) is 0.540. The molecule has 0 heterocycles. The van der Waals surface area contributed by atoms with Gasteiger partial charge >= 0.3 is 0 Å². The fraction of sp³-hybridized carbons (Fsp3) is 0.263. The van der Waals surface area contributed by atoms with Crippen LogP contribution < -0.4 is 15.4 Å². The summed E-state index contributed by atoms with van der Waals surface area (Å²) in [7, 11) is 3.51. The highest BCUT2D eigenvalue weighted by Crippen LogP contribution is 2.08. The van der Waals surface area contributed by atoms with Gasteiger partial charge < -0.3 is 20.3 Å². The van der Waals surface area contributed by atoms with Crippen LogP contribution in [0, 0.1) is 5.82 Å². The molecule has 0 unspecified atom stereocenters. The average molecular weight is 358 g/mol. The summed E-state index contributed by atoms with van der Waals surface area (Å²) in [6.07, 6.45) is 0. The fourth-order valence-corrected chi connectivity index (χ4v) is 2.21. The van der Waals surface area contributed by atoms with Gasteiger partial charge in [-0.25, -0.2) is 4.39 Å². The van der Waals surface area contributed by atoms with Gasteiger partial charge in [0.15, 0.2) is 5.96 Å². The van der Waals surface area contributed by atoms with Crippen molar-refractivity contribution < 1.29 is 13.9 Å². The van der Waals surface area contributed by atoms with Crippen LogP contribution in [0.3, 0.4) is 0 Å². The largest absolute Gasteiger partial charge is 0.492 e.